The van der Waals surface area contributed by atoms with E-state index in [0.29, 0.717) is 6.61 Å². The predicted molar refractivity (Wildman–Crippen MR) is 78.3 cm³/mol. The summed E-state index contributed by atoms with van der Waals surface area (Å²) in [4.78, 5) is 12.2. The third kappa shape index (κ3) is 3.38. The Morgan fingerprint density at radius 1 is 1.38 bits per heavy atom. The van der Waals surface area contributed by atoms with Gasteiger partial charge in [-0.05, 0) is 37.0 Å². The SMILES string of the molecule is COC(=O)C1(Cc2cccc(OC[C@H]3CO3)c2)CCCC1. The molecule has 1 aromatic rings. The Balaban J connectivity index is 1.70. The molecular weight excluding hydrogens is 268 g/mol. The summed E-state index contributed by atoms with van der Waals surface area (Å²) in [6, 6.07) is 8.03. The molecule has 2 fully saturated rings. The van der Waals surface area contributed by atoms with Crippen molar-refractivity contribution in [1.82, 2.24) is 0 Å². The monoisotopic (exact) mass is 290 g/mol. The second-order valence-electron chi connectivity index (χ2n) is 6.07. The maximum absolute atomic E-state index is 12.2. The molecule has 1 saturated heterocycles. The van der Waals surface area contributed by atoms with E-state index in [2.05, 4.69) is 6.07 Å². The van der Waals surface area contributed by atoms with Gasteiger partial charge in [-0.15, -0.1) is 0 Å². The van der Waals surface area contributed by atoms with Crippen LogP contribution in [0.1, 0.15) is 31.2 Å². The van der Waals surface area contributed by atoms with Gasteiger partial charge in [0.25, 0.3) is 0 Å². The summed E-state index contributed by atoms with van der Waals surface area (Å²) in [5.41, 5.74) is 0.795. The molecule has 0 unspecified atom stereocenters. The van der Waals surface area contributed by atoms with E-state index in [9.17, 15) is 4.79 Å². The molecule has 0 spiro atoms. The number of hydrogen-bond donors (Lipinski definition) is 0. The van der Waals surface area contributed by atoms with E-state index in [1.807, 2.05) is 18.2 Å². The van der Waals surface area contributed by atoms with Crippen LogP contribution in [-0.2, 0) is 20.7 Å². The highest BCUT2D eigenvalue weighted by Gasteiger charge is 2.42. The van der Waals surface area contributed by atoms with E-state index < -0.39 is 0 Å². The van der Waals surface area contributed by atoms with Crippen LogP contribution < -0.4 is 4.74 Å². The molecule has 0 amide bonds. The summed E-state index contributed by atoms with van der Waals surface area (Å²) in [5.74, 6) is 0.777. The highest BCUT2D eigenvalue weighted by atomic mass is 16.6. The van der Waals surface area contributed by atoms with Crippen molar-refractivity contribution in [1.29, 1.82) is 0 Å². The third-order valence-corrected chi connectivity index (χ3v) is 4.46. The van der Waals surface area contributed by atoms with Crippen LogP contribution in [-0.4, -0.2) is 32.4 Å². The van der Waals surface area contributed by atoms with Crippen molar-refractivity contribution in [2.24, 2.45) is 5.41 Å². The number of hydrogen-bond acceptors (Lipinski definition) is 4. The van der Waals surface area contributed by atoms with Gasteiger partial charge in [0, 0.05) is 0 Å². The van der Waals surface area contributed by atoms with Crippen molar-refractivity contribution < 1.29 is 19.0 Å². The molecule has 4 heteroatoms. The van der Waals surface area contributed by atoms with Crippen molar-refractivity contribution in [2.45, 2.75) is 38.2 Å². The fraction of sp³-hybridized carbons (Fsp3) is 0.588. The topological polar surface area (TPSA) is 48.1 Å². The summed E-state index contributed by atoms with van der Waals surface area (Å²) < 4.78 is 15.9. The van der Waals surface area contributed by atoms with Crippen LogP contribution in [0, 0.1) is 5.41 Å². The lowest BCUT2D eigenvalue weighted by Gasteiger charge is -2.26. The number of carbonyl (C=O) groups excluding carboxylic acids is 1. The van der Waals surface area contributed by atoms with Crippen molar-refractivity contribution in [3.05, 3.63) is 29.8 Å². The van der Waals surface area contributed by atoms with Gasteiger partial charge in [0.15, 0.2) is 0 Å². The molecule has 0 N–H and O–H groups in total. The standard InChI is InChI=1S/C17H22O4/c1-19-16(18)17(7-2-3-8-17)10-13-5-4-6-14(9-13)20-11-15-12-21-15/h4-6,9,15H,2-3,7-8,10-12H2,1H3/t15-/m0/s1. The van der Waals surface area contributed by atoms with Crippen LogP contribution >= 0.6 is 0 Å². The summed E-state index contributed by atoms with van der Waals surface area (Å²) in [6.07, 6.45) is 5.03. The first-order valence-electron chi connectivity index (χ1n) is 7.64. The van der Waals surface area contributed by atoms with Gasteiger partial charge in [-0.25, -0.2) is 0 Å². The van der Waals surface area contributed by atoms with Crippen LogP contribution in [0.2, 0.25) is 0 Å². The van der Waals surface area contributed by atoms with Crippen molar-refractivity contribution in [2.75, 3.05) is 20.3 Å². The maximum Gasteiger partial charge on any atom is 0.312 e. The minimum Gasteiger partial charge on any atom is -0.491 e. The number of rotatable bonds is 6. The molecule has 1 saturated carbocycles. The Morgan fingerprint density at radius 3 is 2.81 bits per heavy atom. The number of epoxide rings is 1. The van der Waals surface area contributed by atoms with Crippen LogP contribution in [0.3, 0.4) is 0 Å². The van der Waals surface area contributed by atoms with Gasteiger partial charge in [0.2, 0.25) is 0 Å². The lowest BCUT2D eigenvalue weighted by Crippen LogP contribution is -2.31. The summed E-state index contributed by atoms with van der Waals surface area (Å²) in [6.45, 7) is 1.40. The molecule has 0 aromatic heterocycles. The molecule has 1 heterocycles. The van der Waals surface area contributed by atoms with Gasteiger partial charge in [0.1, 0.15) is 18.5 Å². The van der Waals surface area contributed by atoms with Gasteiger partial charge in [-0.1, -0.05) is 25.0 Å². The third-order valence-electron chi connectivity index (χ3n) is 4.46. The van der Waals surface area contributed by atoms with Gasteiger partial charge in [-0.3, -0.25) is 4.79 Å². The molecule has 114 valence electrons. The zero-order valence-corrected chi connectivity index (χ0v) is 12.5. The summed E-state index contributed by atoms with van der Waals surface area (Å²) in [7, 11) is 1.48. The van der Waals surface area contributed by atoms with Gasteiger partial charge < -0.3 is 14.2 Å². The molecule has 21 heavy (non-hydrogen) atoms. The molecule has 0 bridgehead atoms. The van der Waals surface area contributed by atoms with Gasteiger partial charge >= 0.3 is 5.97 Å². The molecule has 1 aromatic carbocycles. The van der Waals surface area contributed by atoms with Crippen LogP contribution in [0.5, 0.6) is 5.75 Å². The van der Waals surface area contributed by atoms with Gasteiger partial charge in [0.05, 0.1) is 19.1 Å². The Morgan fingerprint density at radius 2 is 2.14 bits per heavy atom. The van der Waals surface area contributed by atoms with E-state index in [0.717, 1.165) is 50.0 Å². The fourth-order valence-electron chi connectivity index (χ4n) is 3.21. The largest absolute Gasteiger partial charge is 0.491 e. The number of ether oxygens (including phenoxy) is 3. The fourth-order valence-corrected chi connectivity index (χ4v) is 3.21. The van der Waals surface area contributed by atoms with Crippen LogP contribution in [0.15, 0.2) is 24.3 Å². The van der Waals surface area contributed by atoms with Crippen molar-refractivity contribution in [3.8, 4) is 5.75 Å². The number of esters is 1. The van der Waals surface area contributed by atoms with Crippen molar-refractivity contribution >= 4 is 5.97 Å². The van der Waals surface area contributed by atoms with Crippen molar-refractivity contribution in [3.63, 3.8) is 0 Å². The molecule has 1 aliphatic heterocycles. The Labute approximate surface area is 125 Å². The maximum atomic E-state index is 12.2. The van der Waals surface area contributed by atoms with Crippen LogP contribution in [0.25, 0.3) is 0 Å². The Bertz CT molecular complexity index is 501. The van der Waals surface area contributed by atoms with E-state index in [4.69, 9.17) is 14.2 Å². The zero-order valence-electron chi connectivity index (χ0n) is 12.5. The van der Waals surface area contributed by atoms with Crippen LogP contribution in [0.4, 0.5) is 0 Å². The predicted octanol–water partition coefficient (Wildman–Crippen LogP) is 2.74. The number of benzene rings is 1. The molecule has 0 radical (unpaired) electrons. The summed E-state index contributed by atoms with van der Waals surface area (Å²) in [5, 5.41) is 0. The van der Waals surface area contributed by atoms with E-state index in [1.54, 1.807) is 0 Å². The van der Waals surface area contributed by atoms with Gasteiger partial charge in [-0.2, -0.15) is 0 Å². The highest BCUT2D eigenvalue weighted by molar-refractivity contribution is 5.77. The number of methoxy groups -OCH3 is 1. The smallest absolute Gasteiger partial charge is 0.312 e. The minimum atomic E-state index is -0.340. The van der Waals surface area contributed by atoms with E-state index >= 15 is 0 Å². The number of carbonyl (C=O) groups is 1. The molecule has 3 rings (SSSR count). The first kappa shape index (κ1) is 14.4. The molecule has 1 atom stereocenters. The first-order chi connectivity index (χ1) is 10.2. The second kappa shape index (κ2) is 6.06. The minimum absolute atomic E-state index is 0.0716. The second-order valence-corrected chi connectivity index (χ2v) is 6.07. The Hall–Kier alpha value is -1.55. The normalized spacial score (nSPS) is 22.8. The zero-order chi connectivity index (χ0) is 14.7. The Kier molecular flexibility index (Phi) is 4.15. The first-order valence-corrected chi connectivity index (χ1v) is 7.64. The molecule has 2 aliphatic rings. The molecule has 1 aliphatic carbocycles. The quantitative estimate of drug-likeness (QED) is 0.597. The molecular formula is C17H22O4. The highest BCUT2D eigenvalue weighted by Crippen LogP contribution is 2.42. The molecule has 4 nitrogen and oxygen atoms in total. The average molecular weight is 290 g/mol. The van der Waals surface area contributed by atoms with E-state index in [1.165, 1.54) is 7.11 Å². The lowest BCUT2D eigenvalue weighted by atomic mass is 9.80. The lowest BCUT2D eigenvalue weighted by molar-refractivity contribution is -0.152. The average Bonchev–Trinajstić information content (AvgIpc) is 3.23. The summed E-state index contributed by atoms with van der Waals surface area (Å²) >= 11 is 0. The van der Waals surface area contributed by atoms with E-state index in [-0.39, 0.29) is 17.5 Å².